The molecule has 0 spiro atoms. The van der Waals surface area contributed by atoms with Gasteiger partial charge < -0.3 is 9.84 Å². The first-order valence-electron chi connectivity index (χ1n) is 7.39. The van der Waals surface area contributed by atoms with Crippen molar-refractivity contribution < 1.29 is 9.32 Å². The lowest BCUT2D eigenvalue weighted by Gasteiger charge is -2.09. The van der Waals surface area contributed by atoms with Gasteiger partial charge in [-0.25, -0.2) is 4.68 Å². The van der Waals surface area contributed by atoms with Crippen molar-refractivity contribution in [2.75, 3.05) is 0 Å². The molecule has 0 fully saturated rings. The Hall–Kier alpha value is -3.17. The van der Waals surface area contributed by atoms with Gasteiger partial charge in [-0.15, -0.1) is 5.10 Å². The summed E-state index contributed by atoms with van der Waals surface area (Å²) in [4.78, 5) is 20.3. The first-order chi connectivity index (χ1) is 11.6. The number of amides is 1. The zero-order chi connectivity index (χ0) is 16.9. The zero-order valence-electron chi connectivity index (χ0n) is 13.2. The monoisotopic (exact) mass is 328 g/mol. The van der Waals surface area contributed by atoms with Gasteiger partial charge in [0.25, 0.3) is 0 Å². The second kappa shape index (κ2) is 6.94. The third kappa shape index (κ3) is 3.59. The first-order valence-corrected chi connectivity index (χ1v) is 7.39. The van der Waals surface area contributed by atoms with Crippen LogP contribution >= 0.6 is 0 Å². The largest absolute Gasteiger partial charge is 0.345 e. The number of carbonyl (C=O) groups is 1. The number of pyridine rings is 1. The number of tetrazole rings is 1. The summed E-state index contributed by atoms with van der Waals surface area (Å²) in [5.41, 5.74) is 0.750. The van der Waals surface area contributed by atoms with Crippen molar-refractivity contribution in [2.24, 2.45) is 0 Å². The Morgan fingerprint density at radius 2 is 2.33 bits per heavy atom. The van der Waals surface area contributed by atoms with E-state index in [9.17, 15) is 4.79 Å². The van der Waals surface area contributed by atoms with E-state index in [1.165, 1.54) is 0 Å². The molecule has 0 aliphatic rings. The molecule has 124 valence electrons. The van der Waals surface area contributed by atoms with Crippen LogP contribution in [0, 0.1) is 6.92 Å². The van der Waals surface area contributed by atoms with Gasteiger partial charge in [-0.1, -0.05) is 5.16 Å². The predicted octanol–water partition coefficient (Wildman–Crippen LogP) is 0.694. The molecular weight excluding hydrogens is 312 g/mol. The van der Waals surface area contributed by atoms with Gasteiger partial charge in [-0.05, 0) is 36.4 Å². The van der Waals surface area contributed by atoms with Crippen LogP contribution in [0.1, 0.15) is 31.1 Å². The van der Waals surface area contributed by atoms with E-state index in [1.807, 2.05) is 6.07 Å². The summed E-state index contributed by atoms with van der Waals surface area (Å²) in [6.07, 6.45) is 3.56. The lowest BCUT2D eigenvalue weighted by molar-refractivity contribution is -0.122. The van der Waals surface area contributed by atoms with E-state index in [-0.39, 0.29) is 12.3 Å². The molecule has 10 nitrogen and oxygen atoms in total. The van der Waals surface area contributed by atoms with Crippen LogP contribution in [-0.4, -0.2) is 41.2 Å². The normalized spacial score (nSPS) is 12.1. The average Bonchev–Trinajstić information content (AvgIpc) is 3.23. The molecule has 3 aromatic rings. The maximum absolute atomic E-state index is 12.0. The van der Waals surface area contributed by atoms with Crippen LogP contribution in [-0.2, 0) is 11.3 Å². The summed E-state index contributed by atoms with van der Waals surface area (Å²) in [6.45, 7) is 3.96. The molecule has 0 aliphatic heterocycles. The van der Waals surface area contributed by atoms with E-state index in [2.05, 4.69) is 36.0 Å². The SMILES string of the molecule is Cc1nnnn1CCC(=O)NC(C)c1nc(-c2cccnc2)no1. The molecule has 0 aromatic carbocycles. The summed E-state index contributed by atoms with van der Waals surface area (Å²) < 4.78 is 6.78. The van der Waals surface area contributed by atoms with Crippen molar-refractivity contribution in [3.8, 4) is 11.4 Å². The molecule has 3 heterocycles. The van der Waals surface area contributed by atoms with Gasteiger partial charge in [0.05, 0.1) is 6.54 Å². The van der Waals surface area contributed by atoms with E-state index in [0.29, 0.717) is 24.1 Å². The molecule has 1 unspecified atom stereocenters. The summed E-state index contributed by atoms with van der Waals surface area (Å²) in [5, 5.41) is 17.8. The van der Waals surface area contributed by atoms with Crippen LogP contribution in [0.3, 0.4) is 0 Å². The van der Waals surface area contributed by atoms with Gasteiger partial charge in [-0.3, -0.25) is 9.78 Å². The fraction of sp³-hybridized carbons (Fsp3) is 0.357. The van der Waals surface area contributed by atoms with Gasteiger partial charge in [0, 0.05) is 24.4 Å². The number of carbonyl (C=O) groups excluding carboxylic acids is 1. The van der Waals surface area contributed by atoms with Crippen LogP contribution in [0.5, 0.6) is 0 Å². The minimum absolute atomic E-state index is 0.154. The lowest BCUT2D eigenvalue weighted by atomic mass is 10.2. The highest BCUT2D eigenvalue weighted by Gasteiger charge is 2.17. The van der Waals surface area contributed by atoms with Crippen molar-refractivity contribution in [2.45, 2.75) is 32.9 Å². The predicted molar refractivity (Wildman–Crippen MR) is 81.3 cm³/mol. The molecule has 1 atom stereocenters. The van der Waals surface area contributed by atoms with Crippen molar-refractivity contribution >= 4 is 5.91 Å². The molecule has 24 heavy (non-hydrogen) atoms. The average molecular weight is 328 g/mol. The van der Waals surface area contributed by atoms with Gasteiger partial charge in [0.2, 0.25) is 17.6 Å². The molecular formula is C14H16N8O2. The Morgan fingerprint density at radius 3 is 3.04 bits per heavy atom. The minimum atomic E-state index is -0.398. The molecule has 1 N–H and O–H groups in total. The highest BCUT2D eigenvalue weighted by Crippen LogP contribution is 2.17. The third-order valence-electron chi connectivity index (χ3n) is 3.37. The Balaban J connectivity index is 1.57. The number of hydrogen-bond donors (Lipinski definition) is 1. The fourth-order valence-electron chi connectivity index (χ4n) is 2.06. The molecule has 10 heteroatoms. The number of nitrogens with one attached hydrogen (secondary N) is 1. The fourth-order valence-corrected chi connectivity index (χ4v) is 2.06. The minimum Gasteiger partial charge on any atom is -0.345 e. The number of rotatable bonds is 6. The zero-order valence-corrected chi connectivity index (χ0v) is 13.2. The second-order valence-electron chi connectivity index (χ2n) is 5.19. The van der Waals surface area contributed by atoms with Crippen LogP contribution in [0.15, 0.2) is 29.0 Å². The van der Waals surface area contributed by atoms with Crippen LogP contribution in [0.25, 0.3) is 11.4 Å². The molecule has 0 saturated heterocycles. The summed E-state index contributed by atoms with van der Waals surface area (Å²) in [7, 11) is 0. The quantitative estimate of drug-likeness (QED) is 0.701. The van der Waals surface area contributed by atoms with E-state index < -0.39 is 6.04 Å². The smallest absolute Gasteiger partial charge is 0.249 e. The second-order valence-corrected chi connectivity index (χ2v) is 5.19. The van der Waals surface area contributed by atoms with Crippen LogP contribution in [0.4, 0.5) is 0 Å². The van der Waals surface area contributed by atoms with Gasteiger partial charge in [0.15, 0.2) is 0 Å². The van der Waals surface area contributed by atoms with E-state index >= 15 is 0 Å². The van der Waals surface area contributed by atoms with Gasteiger partial charge in [-0.2, -0.15) is 4.98 Å². The van der Waals surface area contributed by atoms with E-state index in [1.54, 1.807) is 37.0 Å². The summed E-state index contributed by atoms with van der Waals surface area (Å²) >= 11 is 0. The number of aromatic nitrogens is 7. The summed E-state index contributed by atoms with van der Waals surface area (Å²) in [5.74, 6) is 1.27. The summed E-state index contributed by atoms with van der Waals surface area (Å²) in [6, 6.07) is 3.22. The topological polar surface area (TPSA) is 125 Å². The molecule has 3 aromatic heterocycles. The Labute approximate surface area is 137 Å². The maximum Gasteiger partial charge on any atom is 0.249 e. The Morgan fingerprint density at radius 1 is 1.46 bits per heavy atom. The number of nitrogens with zero attached hydrogens (tertiary/aromatic N) is 7. The highest BCUT2D eigenvalue weighted by molar-refractivity contribution is 5.76. The Kier molecular flexibility index (Phi) is 4.54. The number of hydrogen-bond acceptors (Lipinski definition) is 8. The molecule has 1 amide bonds. The lowest BCUT2D eigenvalue weighted by Crippen LogP contribution is -2.28. The van der Waals surface area contributed by atoms with Gasteiger partial charge >= 0.3 is 0 Å². The molecule has 0 radical (unpaired) electrons. The van der Waals surface area contributed by atoms with Crippen molar-refractivity contribution in [3.63, 3.8) is 0 Å². The van der Waals surface area contributed by atoms with Crippen molar-refractivity contribution in [3.05, 3.63) is 36.2 Å². The van der Waals surface area contributed by atoms with E-state index in [4.69, 9.17) is 4.52 Å². The van der Waals surface area contributed by atoms with Gasteiger partial charge in [0.1, 0.15) is 11.9 Å². The molecule has 0 bridgehead atoms. The van der Waals surface area contributed by atoms with E-state index in [0.717, 1.165) is 5.56 Å². The van der Waals surface area contributed by atoms with Crippen LogP contribution < -0.4 is 5.32 Å². The Bertz CT molecular complexity index is 813. The first kappa shape index (κ1) is 15.7. The maximum atomic E-state index is 12.0. The molecule has 0 saturated carbocycles. The third-order valence-corrected chi connectivity index (χ3v) is 3.37. The van der Waals surface area contributed by atoms with Crippen molar-refractivity contribution in [1.29, 1.82) is 0 Å². The van der Waals surface area contributed by atoms with Crippen molar-refractivity contribution in [1.82, 2.24) is 40.6 Å². The molecule has 0 aliphatic carbocycles. The standard InChI is InChI=1S/C14H16N8O2/c1-9(16-12(23)5-7-22-10(2)18-20-21-22)14-17-13(19-24-14)11-4-3-6-15-8-11/h3-4,6,8-9H,5,7H2,1-2H3,(H,16,23). The highest BCUT2D eigenvalue weighted by atomic mass is 16.5. The van der Waals surface area contributed by atoms with Crippen LogP contribution in [0.2, 0.25) is 0 Å². The number of aryl methyl sites for hydroxylation is 2. The molecule has 3 rings (SSSR count).